The van der Waals surface area contributed by atoms with Crippen molar-refractivity contribution < 1.29 is 0 Å². The number of nitrogens with zero attached hydrogens (tertiary/aromatic N) is 1. The minimum Gasteiger partial charge on any atom is -0.362 e. The molecule has 1 aliphatic carbocycles. The lowest BCUT2D eigenvalue weighted by atomic mass is 9.69. The van der Waals surface area contributed by atoms with E-state index in [1.807, 2.05) is 13.0 Å². The molecule has 1 aromatic carbocycles. The van der Waals surface area contributed by atoms with E-state index in [0.29, 0.717) is 16.0 Å². The molecule has 1 saturated carbocycles. The van der Waals surface area contributed by atoms with E-state index in [-0.39, 0.29) is 5.41 Å². The van der Waals surface area contributed by atoms with Crippen LogP contribution in [-0.4, -0.2) is 16.6 Å². The number of hydrogen-bond acceptors (Lipinski definition) is 2. The minimum atomic E-state index is 0.137. The zero-order valence-electron chi connectivity index (χ0n) is 14.8. The Morgan fingerprint density at radius 2 is 1.92 bits per heavy atom. The first-order chi connectivity index (χ1) is 12.5. The molecule has 1 fully saturated rings. The Labute approximate surface area is 174 Å². The van der Waals surface area contributed by atoms with Gasteiger partial charge in [-0.1, -0.05) is 61.2 Å². The van der Waals surface area contributed by atoms with Crippen molar-refractivity contribution in [1.29, 1.82) is 0 Å². The molecule has 0 amide bonds. The average molecular weight is 453 g/mol. The van der Waals surface area contributed by atoms with E-state index in [1.54, 1.807) is 0 Å². The van der Waals surface area contributed by atoms with Crippen LogP contribution in [-0.2, 0) is 5.41 Å². The number of pyridine rings is 1. The van der Waals surface area contributed by atoms with Crippen molar-refractivity contribution in [1.82, 2.24) is 10.3 Å². The van der Waals surface area contributed by atoms with Crippen LogP contribution in [0.5, 0.6) is 0 Å². The van der Waals surface area contributed by atoms with Gasteiger partial charge in [0.2, 0.25) is 0 Å². The van der Waals surface area contributed by atoms with Crippen LogP contribution in [0.4, 0.5) is 5.82 Å². The van der Waals surface area contributed by atoms with E-state index in [2.05, 4.69) is 61.9 Å². The van der Waals surface area contributed by atoms with Gasteiger partial charge in [-0.25, -0.2) is 4.98 Å². The number of aromatic nitrogens is 1. The molecule has 138 valence electrons. The van der Waals surface area contributed by atoms with Crippen molar-refractivity contribution in [3.63, 3.8) is 0 Å². The molecule has 0 atom stereocenters. The summed E-state index contributed by atoms with van der Waals surface area (Å²) in [6.45, 7) is 2.74. The highest BCUT2D eigenvalue weighted by molar-refractivity contribution is 9.10. The number of benzene rings is 1. The summed E-state index contributed by atoms with van der Waals surface area (Å²) in [4.78, 5) is 4.47. The first-order valence-corrected chi connectivity index (χ1v) is 10.5. The number of rotatable bonds is 4. The van der Waals surface area contributed by atoms with Crippen molar-refractivity contribution in [2.24, 2.45) is 0 Å². The lowest BCUT2D eigenvalue weighted by Gasteiger charge is -2.38. The van der Waals surface area contributed by atoms with E-state index in [9.17, 15) is 0 Å². The Morgan fingerprint density at radius 3 is 2.62 bits per heavy atom. The SMILES string of the molecule is Cc1nc(NC(=S)NCC2(c3ccccc3)CCCCC2)c(Cl)cc1Br. The molecule has 2 N–H and O–H groups in total. The van der Waals surface area contributed by atoms with Gasteiger partial charge in [0, 0.05) is 16.4 Å². The predicted molar refractivity (Wildman–Crippen MR) is 117 cm³/mol. The first-order valence-electron chi connectivity index (χ1n) is 8.93. The molecule has 0 radical (unpaired) electrons. The predicted octanol–water partition coefficient (Wildman–Crippen LogP) is 5.99. The second kappa shape index (κ2) is 8.68. The summed E-state index contributed by atoms with van der Waals surface area (Å²) < 4.78 is 0.886. The van der Waals surface area contributed by atoms with Gasteiger partial charge in [0.05, 0.1) is 10.7 Å². The summed E-state index contributed by atoms with van der Waals surface area (Å²) in [6, 6.07) is 12.6. The van der Waals surface area contributed by atoms with Gasteiger partial charge in [-0.3, -0.25) is 0 Å². The zero-order chi connectivity index (χ0) is 18.6. The summed E-state index contributed by atoms with van der Waals surface area (Å²) >= 11 is 15.2. The summed E-state index contributed by atoms with van der Waals surface area (Å²) in [6.07, 6.45) is 6.20. The smallest absolute Gasteiger partial charge is 0.172 e. The number of halogens is 2. The van der Waals surface area contributed by atoms with Crippen molar-refractivity contribution in [2.75, 3.05) is 11.9 Å². The Balaban J connectivity index is 1.70. The van der Waals surface area contributed by atoms with Gasteiger partial charge >= 0.3 is 0 Å². The molecule has 3 nitrogen and oxygen atoms in total. The summed E-state index contributed by atoms with van der Waals surface area (Å²) in [7, 11) is 0. The van der Waals surface area contributed by atoms with E-state index >= 15 is 0 Å². The van der Waals surface area contributed by atoms with Crippen LogP contribution >= 0.6 is 39.7 Å². The van der Waals surface area contributed by atoms with Gasteiger partial charge in [0.1, 0.15) is 0 Å². The minimum absolute atomic E-state index is 0.137. The normalized spacial score (nSPS) is 16.1. The van der Waals surface area contributed by atoms with E-state index < -0.39 is 0 Å². The molecule has 3 rings (SSSR count). The van der Waals surface area contributed by atoms with Crippen molar-refractivity contribution in [3.8, 4) is 0 Å². The van der Waals surface area contributed by atoms with Crippen LogP contribution in [0.3, 0.4) is 0 Å². The molecular weight excluding hydrogens is 430 g/mol. The molecule has 0 aliphatic heterocycles. The molecule has 0 unspecified atom stereocenters. The Hall–Kier alpha value is -1.17. The number of hydrogen-bond donors (Lipinski definition) is 2. The highest BCUT2D eigenvalue weighted by Gasteiger charge is 2.33. The maximum Gasteiger partial charge on any atom is 0.172 e. The summed E-state index contributed by atoms with van der Waals surface area (Å²) in [5.41, 5.74) is 2.40. The van der Waals surface area contributed by atoms with Gasteiger partial charge in [-0.05, 0) is 59.5 Å². The Morgan fingerprint density at radius 1 is 1.23 bits per heavy atom. The van der Waals surface area contributed by atoms with Crippen LogP contribution in [0.2, 0.25) is 5.02 Å². The highest BCUT2D eigenvalue weighted by Crippen LogP contribution is 2.39. The zero-order valence-corrected chi connectivity index (χ0v) is 18.0. The summed E-state index contributed by atoms with van der Waals surface area (Å²) in [5.74, 6) is 0.585. The van der Waals surface area contributed by atoms with Gasteiger partial charge in [-0.2, -0.15) is 0 Å². The Kier molecular flexibility index (Phi) is 6.54. The average Bonchev–Trinajstić information content (AvgIpc) is 2.66. The summed E-state index contributed by atoms with van der Waals surface area (Å²) in [5, 5.41) is 7.66. The second-order valence-electron chi connectivity index (χ2n) is 6.90. The number of aryl methyl sites for hydroxylation is 1. The first kappa shape index (κ1) is 19.6. The van der Waals surface area contributed by atoms with E-state index in [0.717, 1.165) is 16.7 Å². The topological polar surface area (TPSA) is 37.0 Å². The standard InChI is InChI=1S/C20H23BrClN3S/c1-14-16(21)12-17(22)18(24-14)25-19(26)23-13-20(10-6-3-7-11-20)15-8-4-2-5-9-15/h2,4-5,8-9,12H,3,6-7,10-11,13H2,1H3,(H2,23,24,25,26). The molecule has 0 bridgehead atoms. The Bertz CT molecular complexity index is 776. The fourth-order valence-corrected chi connectivity index (χ4v) is 4.45. The van der Waals surface area contributed by atoms with Gasteiger partial charge < -0.3 is 10.6 Å². The molecule has 0 saturated heterocycles. The van der Waals surface area contributed by atoms with Crippen molar-refractivity contribution >= 4 is 50.7 Å². The lowest BCUT2D eigenvalue weighted by Crippen LogP contribution is -2.43. The number of nitrogens with one attached hydrogen (secondary N) is 2. The third-order valence-electron chi connectivity index (χ3n) is 5.12. The van der Waals surface area contributed by atoms with Crippen LogP contribution in [0, 0.1) is 6.92 Å². The maximum atomic E-state index is 6.28. The van der Waals surface area contributed by atoms with Gasteiger partial charge in [-0.15, -0.1) is 0 Å². The van der Waals surface area contributed by atoms with Gasteiger partial charge in [0.25, 0.3) is 0 Å². The number of thiocarbonyl (C=S) groups is 1. The molecule has 1 aromatic heterocycles. The van der Waals surface area contributed by atoms with Gasteiger partial charge in [0.15, 0.2) is 10.9 Å². The highest BCUT2D eigenvalue weighted by atomic mass is 79.9. The molecule has 2 aromatic rings. The maximum absolute atomic E-state index is 6.28. The molecule has 1 heterocycles. The second-order valence-corrected chi connectivity index (χ2v) is 8.57. The van der Waals surface area contributed by atoms with Crippen LogP contribution in [0.1, 0.15) is 43.4 Å². The van der Waals surface area contributed by atoms with E-state index in [4.69, 9.17) is 23.8 Å². The van der Waals surface area contributed by atoms with E-state index in [1.165, 1.54) is 37.7 Å². The van der Waals surface area contributed by atoms with Crippen LogP contribution < -0.4 is 10.6 Å². The third kappa shape index (κ3) is 4.56. The van der Waals surface area contributed by atoms with Crippen LogP contribution in [0.15, 0.2) is 40.9 Å². The molecule has 0 spiro atoms. The van der Waals surface area contributed by atoms with Crippen molar-refractivity contribution in [2.45, 2.75) is 44.4 Å². The third-order valence-corrected chi connectivity index (χ3v) is 6.46. The quantitative estimate of drug-likeness (QED) is 0.558. The van der Waals surface area contributed by atoms with Crippen LogP contribution in [0.25, 0.3) is 0 Å². The fraction of sp³-hybridized carbons (Fsp3) is 0.400. The molecular formula is C20H23BrClN3S. The molecule has 26 heavy (non-hydrogen) atoms. The van der Waals surface area contributed by atoms with Crippen molar-refractivity contribution in [3.05, 3.63) is 57.2 Å². The molecule has 1 aliphatic rings. The lowest BCUT2D eigenvalue weighted by molar-refractivity contribution is 0.292. The monoisotopic (exact) mass is 451 g/mol. The molecule has 6 heteroatoms. The number of anilines is 1. The fourth-order valence-electron chi connectivity index (χ4n) is 3.64. The largest absolute Gasteiger partial charge is 0.362 e.